The van der Waals surface area contributed by atoms with Crippen molar-refractivity contribution in [1.82, 2.24) is 0 Å². The van der Waals surface area contributed by atoms with Gasteiger partial charge in [-0.3, -0.25) is 0 Å². The second-order valence-corrected chi connectivity index (χ2v) is 4.54. The van der Waals surface area contributed by atoms with E-state index in [4.69, 9.17) is 10.8 Å². The van der Waals surface area contributed by atoms with Gasteiger partial charge in [0.1, 0.15) is 0 Å². The fraction of sp³-hybridized carbons (Fsp3) is 0.500. The lowest BCUT2D eigenvalue weighted by atomic mass is 9.66. The van der Waals surface area contributed by atoms with Crippen LogP contribution in [0.4, 0.5) is 0 Å². The number of rotatable bonds is 2. The molecule has 1 saturated carbocycles. The first-order valence-corrected chi connectivity index (χ1v) is 5.09. The van der Waals surface area contributed by atoms with E-state index < -0.39 is 0 Å². The largest absolute Gasteiger partial charge is 0.394 e. The fourth-order valence-electron chi connectivity index (χ4n) is 2.13. The molecule has 0 saturated heterocycles. The molecule has 2 rings (SSSR count). The molecular formula is C12H17NO. The zero-order valence-electron chi connectivity index (χ0n) is 8.53. The van der Waals surface area contributed by atoms with E-state index in [0.29, 0.717) is 5.92 Å². The van der Waals surface area contributed by atoms with Gasteiger partial charge in [0.2, 0.25) is 0 Å². The summed E-state index contributed by atoms with van der Waals surface area (Å²) in [6, 6.07) is 8.59. The highest BCUT2D eigenvalue weighted by Gasteiger charge is 2.40. The number of hydrogen-bond acceptors (Lipinski definition) is 2. The van der Waals surface area contributed by atoms with E-state index in [1.165, 1.54) is 11.1 Å². The molecule has 1 aromatic carbocycles. The first-order valence-electron chi connectivity index (χ1n) is 5.09. The molecule has 76 valence electrons. The van der Waals surface area contributed by atoms with Crippen LogP contribution in [0.2, 0.25) is 0 Å². The van der Waals surface area contributed by atoms with Crippen LogP contribution in [0.25, 0.3) is 0 Å². The highest BCUT2D eigenvalue weighted by Crippen LogP contribution is 2.42. The molecule has 2 nitrogen and oxygen atoms in total. The van der Waals surface area contributed by atoms with Crippen molar-refractivity contribution >= 4 is 0 Å². The minimum absolute atomic E-state index is 0.107. The summed E-state index contributed by atoms with van der Waals surface area (Å²) in [4.78, 5) is 0. The van der Waals surface area contributed by atoms with Gasteiger partial charge < -0.3 is 10.8 Å². The molecule has 1 fully saturated rings. The predicted octanol–water partition coefficient (Wildman–Crippen LogP) is 1.56. The average molecular weight is 191 g/mol. The third-order valence-corrected chi connectivity index (χ3v) is 3.17. The van der Waals surface area contributed by atoms with E-state index in [1.54, 1.807) is 0 Å². The first kappa shape index (κ1) is 9.69. The van der Waals surface area contributed by atoms with Crippen LogP contribution in [-0.4, -0.2) is 17.3 Å². The van der Waals surface area contributed by atoms with Crippen molar-refractivity contribution < 1.29 is 5.11 Å². The Hall–Kier alpha value is -0.860. The first-order chi connectivity index (χ1) is 6.63. The second kappa shape index (κ2) is 3.37. The molecule has 3 N–H and O–H groups in total. The predicted molar refractivity (Wildman–Crippen MR) is 57.2 cm³/mol. The lowest BCUT2D eigenvalue weighted by Gasteiger charge is -2.44. The van der Waals surface area contributed by atoms with Crippen molar-refractivity contribution in [2.45, 2.75) is 31.2 Å². The van der Waals surface area contributed by atoms with Crippen molar-refractivity contribution in [3.8, 4) is 0 Å². The third-order valence-electron chi connectivity index (χ3n) is 3.17. The highest BCUT2D eigenvalue weighted by atomic mass is 16.3. The third kappa shape index (κ3) is 1.68. The molecule has 1 aliphatic carbocycles. The maximum absolute atomic E-state index is 9.03. The number of aliphatic hydroxyl groups is 1. The Bertz CT molecular complexity index is 312. The van der Waals surface area contributed by atoms with E-state index in [-0.39, 0.29) is 12.1 Å². The van der Waals surface area contributed by atoms with E-state index in [0.717, 1.165) is 12.8 Å². The van der Waals surface area contributed by atoms with Crippen LogP contribution in [0.15, 0.2) is 24.3 Å². The van der Waals surface area contributed by atoms with Gasteiger partial charge in [0, 0.05) is 5.54 Å². The van der Waals surface area contributed by atoms with Gasteiger partial charge in [0.05, 0.1) is 6.61 Å². The van der Waals surface area contributed by atoms with Crippen molar-refractivity contribution in [2.75, 3.05) is 6.61 Å². The Morgan fingerprint density at radius 1 is 1.36 bits per heavy atom. The normalized spacial score (nSPS) is 31.2. The molecule has 1 aromatic rings. The van der Waals surface area contributed by atoms with Crippen molar-refractivity contribution in [3.05, 3.63) is 35.4 Å². The van der Waals surface area contributed by atoms with Gasteiger partial charge in [-0.25, -0.2) is 0 Å². The maximum atomic E-state index is 9.03. The topological polar surface area (TPSA) is 46.2 Å². The molecule has 0 atom stereocenters. The van der Waals surface area contributed by atoms with E-state index in [2.05, 4.69) is 31.2 Å². The second-order valence-electron chi connectivity index (χ2n) is 4.54. The number of aryl methyl sites for hydroxylation is 1. The minimum atomic E-state index is -0.310. The molecule has 0 unspecified atom stereocenters. The Morgan fingerprint density at radius 2 is 1.93 bits per heavy atom. The zero-order valence-corrected chi connectivity index (χ0v) is 8.53. The number of nitrogens with two attached hydrogens (primary N) is 1. The summed E-state index contributed by atoms with van der Waals surface area (Å²) >= 11 is 0. The summed E-state index contributed by atoms with van der Waals surface area (Å²) < 4.78 is 0. The molecule has 0 radical (unpaired) electrons. The summed E-state index contributed by atoms with van der Waals surface area (Å²) in [7, 11) is 0. The van der Waals surface area contributed by atoms with Gasteiger partial charge in [0.25, 0.3) is 0 Å². The minimum Gasteiger partial charge on any atom is -0.394 e. The van der Waals surface area contributed by atoms with Gasteiger partial charge >= 0.3 is 0 Å². The molecule has 0 heterocycles. The number of hydrogen-bond donors (Lipinski definition) is 2. The van der Waals surface area contributed by atoms with Crippen LogP contribution >= 0.6 is 0 Å². The summed E-state index contributed by atoms with van der Waals surface area (Å²) in [5.41, 5.74) is 8.24. The van der Waals surface area contributed by atoms with Gasteiger partial charge in [-0.1, -0.05) is 29.8 Å². The molecular weight excluding hydrogens is 174 g/mol. The van der Waals surface area contributed by atoms with Crippen LogP contribution in [0, 0.1) is 6.92 Å². The number of aliphatic hydroxyl groups excluding tert-OH is 1. The summed E-state index contributed by atoms with van der Waals surface area (Å²) in [5, 5.41) is 9.03. The lowest BCUT2D eigenvalue weighted by molar-refractivity contribution is 0.106. The van der Waals surface area contributed by atoms with Crippen molar-refractivity contribution in [3.63, 3.8) is 0 Å². The van der Waals surface area contributed by atoms with Crippen LogP contribution in [0.3, 0.4) is 0 Å². The lowest BCUT2D eigenvalue weighted by Crippen LogP contribution is -2.53. The SMILES string of the molecule is Cc1ccc(C2CC(N)(CO)C2)cc1. The molecule has 0 spiro atoms. The maximum Gasteiger partial charge on any atom is 0.0611 e. The van der Waals surface area contributed by atoms with Gasteiger partial charge in [-0.15, -0.1) is 0 Å². The molecule has 2 heteroatoms. The van der Waals surface area contributed by atoms with Crippen molar-refractivity contribution in [1.29, 1.82) is 0 Å². The van der Waals surface area contributed by atoms with Crippen LogP contribution < -0.4 is 5.73 Å². The Kier molecular flexibility index (Phi) is 2.33. The monoisotopic (exact) mass is 191 g/mol. The van der Waals surface area contributed by atoms with Gasteiger partial charge in [0.15, 0.2) is 0 Å². The Morgan fingerprint density at radius 3 is 2.43 bits per heavy atom. The van der Waals surface area contributed by atoms with E-state index in [1.807, 2.05) is 0 Å². The van der Waals surface area contributed by atoms with Crippen LogP contribution in [-0.2, 0) is 0 Å². The number of benzene rings is 1. The molecule has 0 aromatic heterocycles. The molecule has 0 bridgehead atoms. The van der Waals surface area contributed by atoms with E-state index >= 15 is 0 Å². The standard InChI is InChI=1S/C12H17NO/c1-9-2-4-10(5-3-9)11-6-12(13,7-11)8-14/h2-5,11,14H,6-8,13H2,1H3. The average Bonchev–Trinajstić information content (AvgIpc) is 2.15. The zero-order chi connectivity index (χ0) is 10.2. The summed E-state index contributed by atoms with van der Waals surface area (Å²) in [5.74, 6) is 0.549. The fourth-order valence-corrected chi connectivity index (χ4v) is 2.13. The Labute approximate surface area is 84.7 Å². The van der Waals surface area contributed by atoms with Gasteiger partial charge in [-0.2, -0.15) is 0 Å². The summed E-state index contributed by atoms with van der Waals surface area (Å²) in [6.45, 7) is 2.20. The van der Waals surface area contributed by atoms with Crippen molar-refractivity contribution in [2.24, 2.45) is 5.73 Å². The smallest absolute Gasteiger partial charge is 0.0611 e. The molecule has 1 aliphatic rings. The Balaban J connectivity index is 2.03. The quantitative estimate of drug-likeness (QED) is 0.745. The van der Waals surface area contributed by atoms with Crippen LogP contribution in [0.5, 0.6) is 0 Å². The van der Waals surface area contributed by atoms with Crippen LogP contribution in [0.1, 0.15) is 29.9 Å². The highest BCUT2D eigenvalue weighted by molar-refractivity contribution is 5.28. The molecule has 14 heavy (non-hydrogen) atoms. The molecule has 0 aliphatic heterocycles. The van der Waals surface area contributed by atoms with Gasteiger partial charge in [-0.05, 0) is 31.2 Å². The molecule has 0 amide bonds. The van der Waals surface area contributed by atoms with E-state index in [9.17, 15) is 0 Å². The summed E-state index contributed by atoms with van der Waals surface area (Å²) in [6.07, 6.45) is 1.82.